The third kappa shape index (κ3) is 4.41. The van der Waals surface area contributed by atoms with Gasteiger partial charge in [-0.15, -0.1) is 0 Å². The van der Waals surface area contributed by atoms with Crippen molar-refractivity contribution in [2.24, 2.45) is 5.92 Å². The zero-order valence-electron chi connectivity index (χ0n) is 11.8. The summed E-state index contributed by atoms with van der Waals surface area (Å²) in [5.74, 6) is 0.867. The fraction of sp³-hybridized carbons (Fsp3) is 1.00. The minimum atomic E-state index is -3.09. The Morgan fingerprint density at radius 2 is 2.05 bits per heavy atom. The molecule has 2 fully saturated rings. The molecule has 0 aromatic heterocycles. The third-order valence-corrected chi connectivity index (χ3v) is 5.80. The van der Waals surface area contributed by atoms with Gasteiger partial charge in [0, 0.05) is 25.2 Å². The Hall–Kier alpha value is -0.170. The van der Waals surface area contributed by atoms with Crippen LogP contribution >= 0.6 is 0 Å². The van der Waals surface area contributed by atoms with Crippen molar-refractivity contribution in [3.8, 4) is 0 Å². The van der Waals surface area contributed by atoms with Crippen LogP contribution < -0.4 is 15.4 Å². The molecule has 3 atom stereocenters. The van der Waals surface area contributed by atoms with E-state index in [4.69, 9.17) is 0 Å². The van der Waals surface area contributed by atoms with Crippen LogP contribution in [-0.4, -0.2) is 45.9 Å². The van der Waals surface area contributed by atoms with Crippen LogP contribution in [0, 0.1) is 5.92 Å². The molecule has 1 aliphatic carbocycles. The van der Waals surface area contributed by atoms with Gasteiger partial charge in [0.25, 0.3) is 0 Å². The lowest BCUT2D eigenvalue weighted by molar-refractivity contribution is 0.325. The predicted molar refractivity (Wildman–Crippen MR) is 77.6 cm³/mol. The highest BCUT2D eigenvalue weighted by atomic mass is 32.2. The molecule has 2 aliphatic rings. The Morgan fingerprint density at radius 1 is 1.21 bits per heavy atom. The van der Waals surface area contributed by atoms with Crippen LogP contribution in [0.5, 0.6) is 0 Å². The van der Waals surface area contributed by atoms with Gasteiger partial charge in [0.15, 0.2) is 0 Å². The number of rotatable bonds is 7. The summed E-state index contributed by atoms with van der Waals surface area (Å²) in [7, 11) is -3.09. The summed E-state index contributed by atoms with van der Waals surface area (Å²) < 4.78 is 25.7. The maximum absolute atomic E-state index is 11.6. The lowest BCUT2D eigenvalue weighted by Crippen LogP contribution is -2.44. The smallest absolute Gasteiger partial charge is 0.212 e. The summed E-state index contributed by atoms with van der Waals surface area (Å²) in [6.07, 6.45) is 6.28. The van der Waals surface area contributed by atoms with E-state index in [0.29, 0.717) is 31.1 Å². The minimum Gasteiger partial charge on any atom is -0.314 e. The third-order valence-electron chi connectivity index (χ3n) is 4.33. The number of sulfonamides is 1. The van der Waals surface area contributed by atoms with E-state index in [1.54, 1.807) is 0 Å². The second kappa shape index (κ2) is 7.02. The van der Waals surface area contributed by atoms with Crippen LogP contribution in [0.15, 0.2) is 0 Å². The highest BCUT2D eigenvalue weighted by Crippen LogP contribution is 2.31. The number of hydrogen-bond donors (Lipinski definition) is 3. The lowest BCUT2D eigenvalue weighted by Gasteiger charge is -2.26. The molecular weight excluding hydrogens is 262 g/mol. The van der Waals surface area contributed by atoms with Crippen LogP contribution in [0.3, 0.4) is 0 Å². The van der Waals surface area contributed by atoms with E-state index in [2.05, 4.69) is 15.4 Å². The summed E-state index contributed by atoms with van der Waals surface area (Å²) in [4.78, 5) is 0. The minimum absolute atomic E-state index is 0.183. The molecule has 0 bridgehead atoms. The topological polar surface area (TPSA) is 70.2 Å². The molecule has 5 nitrogen and oxygen atoms in total. The summed E-state index contributed by atoms with van der Waals surface area (Å²) in [5, 5.41) is 7.05. The van der Waals surface area contributed by atoms with Crippen LogP contribution in [0.4, 0.5) is 0 Å². The van der Waals surface area contributed by atoms with Gasteiger partial charge in [-0.3, -0.25) is 0 Å². The Bertz CT molecular complexity index is 366. The first-order valence-corrected chi connectivity index (χ1v) is 9.21. The SMILES string of the molecule is CCNS(=O)(=O)CCNC1CCCC1C1CCCN1. The average molecular weight is 289 g/mol. The standard InChI is InChI=1S/C13H27N3O2S/c1-2-16-19(17,18)10-9-15-12-6-3-5-11(12)13-7-4-8-14-13/h11-16H,2-10H2,1H3. The number of nitrogens with one attached hydrogen (secondary N) is 3. The molecule has 3 N–H and O–H groups in total. The lowest BCUT2D eigenvalue weighted by atomic mass is 9.93. The molecule has 6 heteroatoms. The van der Waals surface area contributed by atoms with Gasteiger partial charge in [0.1, 0.15) is 0 Å². The van der Waals surface area contributed by atoms with Gasteiger partial charge in [0.2, 0.25) is 10.0 Å². The molecule has 1 saturated carbocycles. The first-order valence-electron chi connectivity index (χ1n) is 7.56. The first-order chi connectivity index (χ1) is 9.12. The molecule has 0 aromatic carbocycles. The Balaban J connectivity index is 1.75. The maximum Gasteiger partial charge on any atom is 0.212 e. The van der Waals surface area contributed by atoms with Crippen LogP contribution in [-0.2, 0) is 10.0 Å². The van der Waals surface area contributed by atoms with E-state index in [0.717, 1.165) is 6.54 Å². The van der Waals surface area contributed by atoms with Crippen molar-refractivity contribution in [2.45, 2.75) is 51.1 Å². The van der Waals surface area contributed by atoms with E-state index in [1.807, 2.05) is 6.92 Å². The molecule has 1 aliphatic heterocycles. The summed E-state index contributed by atoms with van der Waals surface area (Å²) >= 11 is 0. The van der Waals surface area contributed by atoms with Gasteiger partial charge < -0.3 is 10.6 Å². The van der Waals surface area contributed by atoms with Gasteiger partial charge in [-0.05, 0) is 38.1 Å². The van der Waals surface area contributed by atoms with E-state index in [1.165, 1.54) is 32.1 Å². The van der Waals surface area contributed by atoms with E-state index >= 15 is 0 Å². The van der Waals surface area contributed by atoms with Crippen molar-refractivity contribution in [1.29, 1.82) is 0 Å². The molecule has 0 radical (unpaired) electrons. The predicted octanol–water partition coefficient (Wildman–Crippen LogP) is 0.436. The van der Waals surface area contributed by atoms with Crippen molar-refractivity contribution in [2.75, 3.05) is 25.4 Å². The van der Waals surface area contributed by atoms with E-state index in [-0.39, 0.29) is 5.75 Å². The molecule has 1 saturated heterocycles. The molecule has 0 spiro atoms. The molecule has 112 valence electrons. The van der Waals surface area contributed by atoms with E-state index in [9.17, 15) is 8.42 Å². The molecular formula is C13H27N3O2S. The molecule has 2 rings (SSSR count). The largest absolute Gasteiger partial charge is 0.314 e. The fourth-order valence-electron chi connectivity index (χ4n) is 3.47. The molecule has 19 heavy (non-hydrogen) atoms. The van der Waals surface area contributed by atoms with Crippen LogP contribution in [0.1, 0.15) is 39.0 Å². The number of hydrogen-bond acceptors (Lipinski definition) is 4. The van der Waals surface area contributed by atoms with Gasteiger partial charge in [-0.1, -0.05) is 13.3 Å². The summed E-state index contributed by atoms with van der Waals surface area (Å²) in [6, 6.07) is 1.14. The fourth-order valence-corrected chi connectivity index (χ4v) is 4.44. The first kappa shape index (κ1) is 15.2. The highest BCUT2D eigenvalue weighted by Gasteiger charge is 2.34. The van der Waals surface area contributed by atoms with Gasteiger partial charge in [0.05, 0.1) is 5.75 Å². The second-order valence-electron chi connectivity index (χ2n) is 5.67. The normalized spacial score (nSPS) is 31.9. The molecule has 0 aromatic rings. The Morgan fingerprint density at radius 3 is 2.74 bits per heavy atom. The molecule has 1 heterocycles. The summed E-state index contributed by atoms with van der Waals surface area (Å²) in [5.41, 5.74) is 0. The monoisotopic (exact) mass is 289 g/mol. The zero-order valence-corrected chi connectivity index (χ0v) is 12.6. The van der Waals surface area contributed by atoms with Crippen molar-refractivity contribution in [1.82, 2.24) is 15.4 Å². The van der Waals surface area contributed by atoms with Crippen molar-refractivity contribution in [3.63, 3.8) is 0 Å². The van der Waals surface area contributed by atoms with Crippen molar-refractivity contribution >= 4 is 10.0 Å². The summed E-state index contributed by atoms with van der Waals surface area (Å²) in [6.45, 7) is 3.98. The Labute approximate surface area is 117 Å². The van der Waals surface area contributed by atoms with Gasteiger partial charge >= 0.3 is 0 Å². The maximum atomic E-state index is 11.6. The quantitative estimate of drug-likeness (QED) is 0.636. The Kier molecular flexibility index (Phi) is 5.62. The van der Waals surface area contributed by atoms with Crippen molar-refractivity contribution < 1.29 is 8.42 Å². The van der Waals surface area contributed by atoms with Crippen LogP contribution in [0.2, 0.25) is 0 Å². The van der Waals surface area contributed by atoms with Crippen molar-refractivity contribution in [3.05, 3.63) is 0 Å². The molecule has 0 amide bonds. The second-order valence-corrected chi connectivity index (χ2v) is 7.60. The highest BCUT2D eigenvalue weighted by molar-refractivity contribution is 7.89. The average Bonchev–Trinajstić information content (AvgIpc) is 2.97. The van der Waals surface area contributed by atoms with Crippen LogP contribution in [0.25, 0.3) is 0 Å². The van der Waals surface area contributed by atoms with Gasteiger partial charge in [-0.2, -0.15) is 0 Å². The zero-order chi connectivity index (χ0) is 13.7. The molecule has 3 unspecified atom stereocenters. The van der Waals surface area contributed by atoms with Gasteiger partial charge in [-0.25, -0.2) is 13.1 Å². The van der Waals surface area contributed by atoms with E-state index < -0.39 is 10.0 Å².